The number of halogens is 1. The lowest BCUT2D eigenvalue weighted by molar-refractivity contribution is -0.142. The molecule has 2 amide bonds. The first-order valence-electron chi connectivity index (χ1n) is 10.9. The van der Waals surface area contributed by atoms with E-state index in [1.807, 2.05) is 56.3 Å². The molecule has 1 atom stereocenters. The van der Waals surface area contributed by atoms with Crippen LogP contribution in [0.2, 0.25) is 0 Å². The van der Waals surface area contributed by atoms with Crippen molar-refractivity contribution >= 4 is 27.7 Å². The van der Waals surface area contributed by atoms with E-state index in [0.717, 1.165) is 46.8 Å². The maximum atomic E-state index is 13.2. The minimum Gasteiger partial charge on any atom is -0.483 e. The molecule has 2 aromatic rings. The molecule has 0 spiro atoms. The second kappa shape index (κ2) is 10.8. The number of amides is 2. The van der Waals surface area contributed by atoms with Crippen molar-refractivity contribution in [3.63, 3.8) is 0 Å². The summed E-state index contributed by atoms with van der Waals surface area (Å²) in [5.41, 5.74) is 3.00. The van der Waals surface area contributed by atoms with Gasteiger partial charge in [-0.2, -0.15) is 0 Å². The van der Waals surface area contributed by atoms with Gasteiger partial charge in [-0.3, -0.25) is 9.59 Å². The van der Waals surface area contributed by atoms with Crippen LogP contribution in [0.4, 0.5) is 0 Å². The average molecular weight is 487 g/mol. The zero-order valence-corrected chi connectivity index (χ0v) is 20.1. The number of rotatable bonds is 8. The van der Waals surface area contributed by atoms with Crippen LogP contribution in [0.15, 0.2) is 46.9 Å². The molecule has 0 aromatic heterocycles. The van der Waals surface area contributed by atoms with Gasteiger partial charge in [-0.25, -0.2) is 0 Å². The first kappa shape index (κ1) is 23.3. The number of carbonyl (C=O) groups is 2. The summed E-state index contributed by atoms with van der Waals surface area (Å²) in [6.45, 7) is 5.96. The Balaban J connectivity index is 1.73. The Bertz CT molecular complexity index is 925. The van der Waals surface area contributed by atoms with Crippen molar-refractivity contribution in [3.05, 3.63) is 63.6 Å². The Hall–Kier alpha value is -2.34. The number of nitrogens with zero attached hydrogens (tertiary/aromatic N) is 1. The van der Waals surface area contributed by atoms with Crippen LogP contribution in [0.3, 0.4) is 0 Å². The molecule has 0 radical (unpaired) electrons. The summed E-state index contributed by atoms with van der Waals surface area (Å²) in [5.74, 6) is 0.371. The fourth-order valence-corrected chi connectivity index (χ4v) is 4.34. The Kier molecular flexibility index (Phi) is 8.13. The van der Waals surface area contributed by atoms with E-state index in [0.29, 0.717) is 12.3 Å². The molecule has 6 heteroatoms. The molecule has 1 N–H and O–H groups in total. The van der Waals surface area contributed by atoms with Gasteiger partial charge in [0.25, 0.3) is 5.91 Å². The zero-order chi connectivity index (χ0) is 22.4. The molecule has 1 aliphatic carbocycles. The van der Waals surface area contributed by atoms with Crippen LogP contribution >= 0.6 is 15.9 Å². The van der Waals surface area contributed by atoms with Gasteiger partial charge < -0.3 is 15.0 Å². The molecular formula is C25H31BrN2O3. The van der Waals surface area contributed by atoms with E-state index in [1.54, 1.807) is 11.8 Å². The monoisotopic (exact) mass is 486 g/mol. The van der Waals surface area contributed by atoms with Gasteiger partial charge >= 0.3 is 0 Å². The summed E-state index contributed by atoms with van der Waals surface area (Å²) < 4.78 is 6.79. The van der Waals surface area contributed by atoms with Crippen molar-refractivity contribution in [1.29, 1.82) is 0 Å². The number of hydrogen-bond donors (Lipinski definition) is 1. The van der Waals surface area contributed by atoms with Gasteiger partial charge in [0.2, 0.25) is 5.91 Å². The SMILES string of the molecule is Cc1ccc(C)c(OCC(=O)N(Cc2cccc(Br)c2)[C@@H](C)C(=O)NC2CCCC2)c1. The van der Waals surface area contributed by atoms with Crippen molar-refractivity contribution in [2.45, 2.75) is 65.1 Å². The molecule has 0 aliphatic heterocycles. The van der Waals surface area contributed by atoms with E-state index in [1.165, 1.54) is 0 Å². The maximum absolute atomic E-state index is 13.2. The van der Waals surface area contributed by atoms with E-state index < -0.39 is 6.04 Å². The number of nitrogens with one attached hydrogen (secondary N) is 1. The molecule has 31 heavy (non-hydrogen) atoms. The highest BCUT2D eigenvalue weighted by molar-refractivity contribution is 9.10. The minimum absolute atomic E-state index is 0.109. The van der Waals surface area contributed by atoms with Crippen LogP contribution in [0.1, 0.15) is 49.3 Å². The largest absolute Gasteiger partial charge is 0.483 e. The Morgan fingerprint density at radius 2 is 1.90 bits per heavy atom. The third-order valence-corrected chi connectivity index (χ3v) is 6.30. The molecule has 0 heterocycles. The Labute approximate surface area is 193 Å². The number of hydrogen-bond acceptors (Lipinski definition) is 3. The summed E-state index contributed by atoms with van der Waals surface area (Å²) in [6.07, 6.45) is 4.30. The molecule has 0 unspecified atom stereocenters. The average Bonchev–Trinajstić information content (AvgIpc) is 3.25. The van der Waals surface area contributed by atoms with E-state index in [-0.39, 0.29) is 24.5 Å². The van der Waals surface area contributed by atoms with Crippen LogP contribution in [-0.2, 0) is 16.1 Å². The van der Waals surface area contributed by atoms with Crippen molar-refractivity contribution in [2.75, 3.05) is 6.61 Å². The molecule has 5 nitrogen and oxygen atoms in total. The molecule has 1 aliphatic rings. The summed E-state index contributed by atoms with van der Waals surface area (Å²) in [5, 5.41) is 3.12. The van der Waals surface area contributed by atoms with Crippen molar-refractivity contribution < 1.29 is 14.3 Å². The van der Waals surface area contributed by atoms with Crippen LogP contribution in [0.5, 0.6) is 5.75 Å². The first-order chi connectivity index (χ1) is 14.8. The van der Waals surface area contributed by atoms with Gasteiger partial charge in [0.05, 0.1) is 0 Å². The molecule has 166 valence electrons. The highest BCUT2D eigenvalue weighted by atomic mass is 79.9. The van der Waals surface area contributed by atoms with Crippen LogP contribution in [0, 0.1) is 13.8 Å². The third-order valence-electron chi connectivity index (χ3n) is 5.81. The van der Waals surface area contributed by atoms with E-state index in [2.05, 4.69) is 21.2 Å². The lowest BCUT2D eigenvalue weighted by atomic mass is 10.1. The van der Waals surface area contributed by atoms with Gasteiger partial charge in [-0.05, 0) is 68.5 Å². The summed E-state index contributed by atoms with van der Waals surface area (Å²) in [4.78, 5) is 27.7. The Morgan fingerprint density at radius 3 is 2.61 bits per heavy atom. The van der Waals surface area contributed by atoms with Gasteiger partial charge in [0.15, 0.2) is 6.61 Å². The fraction of sp³-hybridized carbons (Fsp3) is 0.440. The van der Waals surface area contributed by atoms with Crippen molar-refractivity contribution in [2.24, 2.45) is 0 Å². The topological polar surface area (TPSA) is 58.6 Å². The molecule has 1 saturated carbocycles. The predicted molar refractivity (Wildman–Crippen MR) is 126 cm³/mol. The van der Waals surface area contributed by atoms with Gasteiger partial charge in [0, 0.05) is 17.1 Å². The minimum atomic E-state index is -0.589. The van der Waals surface area contributed by atoms with Crippen LogP contribution < -0.4 is 10.1 Å². The van der Waals surface area contributed by atoms with Crippen molar-refractivity contribution in [1.82, 2.24) is 10.2 Å². The number of ether oxygens (including phenoxy) is 1. The number of carbonyl (C=O) groups excluding carboxylic acids is 2. The number of aryl methyl sites for hydroxylation is 2. The first-order valence-corrected chi connectivity index (χ1v) is 11.7. The standard InChI is InChI=1S/C25H31BrN2O3/c1-17-11-12-18(2)23(13-17)31-16-24(29)28(15-20-7-6-8-21(26)14-20)19(3)25(30)27-22-9-4-5-10-22/h6-8,11-14,19,22H,4-5,9-10,15-16H2,1-3H3,(H,27,30)/t19-/m0/s1. The molecular weight excluding hydrogens is 456 g/mol. The van der Waals surface area contributed by atoms with Crippen LogP contribution in [0.25, 0.3) is 0 Å². The number of benzene rings is 2. The molecule has 0 saturated heterocycles. The smallest absolute Gasteiger partial charge is 0.261 e. The summed E-state index contributed by atoms with van der Waals surface area (Å²) in [7, 11) is 0. The lowest BCUT2D eigenvalue weighted by Crippen LogP contribution is -2.50. The van der Waals surface area contributed by atoms with Gasteiger partial charge in [0.1, 0.15) is 11.8 Å². The second-order valence-corrected chi connectivity index (χ2v) is 9.29. The normalized spacial score (nSPS) is 14.8. The third kappa shape index (κ3) is 6.57. The zero-order valence-electron chi connectivity index (χ0n) is 18.5. The lowest BCUT2D eigenvalue weighted by Gasteiger charge is -2.30. The summed E-state index contributed by atoms with van der Waals surface area (Å²) in [6, 6.07) is 13.3. The predicted octanol–water partition coefficient (Wildman–Crippen LogP) is 4.92. The van der Waals surface area contributed by atoms with Gasteiger partial charge in [-0.15, -0.1) is 0 Å². The quantitative estimate of drug-likeness (QED) is 0.575. The molecule has 0 bridgehead atoms. The van der Waals surface area contributed by atoms with E-state index >= 15 is 0 Å². The second-order valence-electron chi connectivity index (χ2n) is 8.38. The summed E-state index contributed by atoms with van der Waals surface area (Å²) >= 11 is 3.48. The van der Waals surface area contributed by atoms with E-state index in [9.17, 15) is 9.59 Å². The van der Waals surface area contributed by atoms with Crippen LogP contribution in [-0.4, -0.2) is 35.4 Å². The fourth-order valence-electron chi connectivity index (χ4n) is 3.89. The molecule has 2 aromatic carbocycles. The Morgan fingerprint density at radius 1 is 1.16 bits per heavy atom. The maximum Gasteiger partial charge on any atom is 0.261 e. The van der Waals surface area contributed by atoms with Gasteiger partial charge in [-0.1, -0.05) is 53.0 Å². The van der Waals surface area contributed by atoms with E-state index in [4.69, 9.17) is 4.74 Å². The highest BCUT2D eigenvalue weighted by Gasteiger charge is 2.28. The van der Waals surface area contributed by atoms with Crippen molar-refractivity contribution in [3.8, 4) is 5.75 Å². The molecule has 1 fully saturated rings. The highest BCUT2D eigenvalue weighted by Crippen LogP contribution is 2.21. The molecule has 3 rings (SSSR count).